The molecular formula is C18H35NO. The second kappa shape index (κ2) is 7.06. The molecule has 0 saturated carbocycles. The molecule has 0 aromatic carbocycles. The Morgan fingerprint density at radius 3 is 2.30 bits per heavy atom. The predicted octanol–water partition coefficient (Wildman–Crippen LogP) is 4.58. The third-order valence-electron chi connectivity index (χ3n) is 4.67. The average molecular weight is 281 g/mol. The van der Waals surface area contributed by atoms with Gasteiger partial charge in [-0.3, -0.25) is 0 Å². The molecule has 20 heavy (non-hydrogen) atoms. The van der Waals surface area contributed by atoms with Gasteiger partial charge >= 0.3 is 0 Å². The molecule has 0 bridgehead atoms. The van der Waals surface area contributed by atoms with Gasteiger partial charge in [0, 0.05) is 12.5 Å². The van der Waals surface area contributed by atoms with Crippen LogP contribution in [-0.2, 0) is 4.79 Å². The molecule has 2 nitrogen and oxygen atoms in total. The minimum atomic E-state index is 0.261. The Balaban J connectivity index is 2.44. The zero-order valence-electron chi connectivity index (χ0n) is 14.5. The van der Waals surface area contributed by atoms with Crippen molar-refractivity contribution in [3.05, 3.63) is 0 Å². The molecule has 1 fully saturated rings. The number of carbonyl (C=O) groups is 1. The highest BCUT2D eigenvalue weighted by atomic mass is 16.1. The van der Waals surface area contributed by atoms with Crippen LogP contribution in [-0.4, -0.2) is 18.4 Å². The first-order chi connectivity index (χ1) is 9.10. The molecule has 1 aliphatic rings. The summed E-state index contributed by atoms with van der Waals surface area (Å²) in [4.78, 5) is 11.2. The summed E-state index contributed by atoms with van der Waals surface area (Å²) in [6.45, 7) is 14.6. The standard InChI is InChI=1S/C18H35NO/c1-14-7-8-16(19-12-14)11-18(5,6)13-17(3,4)10-9-15(2)20/h14,16,19H,7-13H2,1-6H3/t14-,16-/m1/s1. The Bertz CT molecular complexity index is 311. The van der Waals surface area contributed by atoms with Crippen LogP contribution in [0, 0.1) is 16.7 Å². The summed E-state index contributed by atoms with van der Waals surface area (Å²) in [7, 11) is 0. The van der Waals surface area contributed by atoms with Crippen LogP contribution < -0.4 is 5.32 Å². The molecule has 0 spiro atoms. The van der Waals surface area contributed by atoms with Crippen molar-refractivity contribution in [3.63, 3.8) is 0 Å². The first-order valence-electron chi connectivity index (χ1n) is 8.32. The Labute approximate surface area is 126 Å². The fourth-order valence-electron chi connectivity index (χ4n) is 3.87. The minimum absolute atomic E-state index is 0.261. The smallest absolute Gasteiger partial charge is 0.129 e. The maximum Gasteiger partial charge on any atom is 0.129 e. The Morgan fingerprint density at radius 2 is 1.80 bits per heavy atom. The SMILES string of the molecule is CC(=O)CCC(C)(C)CC(C)(C)C[C@H]1CC[C@@H](C)CN1. The van der Waals surface area contributed by atoms with Gasteiger partial charge in [0.2, 0.25) is 0 Å². The normalized spacial score (nSPS) is 24.7. The third kappa shape index (κ3) is 6.88. The van der Waals surface area contributed by atoms with Crippen LogP contribution in [0.15, 0.2) is 0 Å². The second-order valence-corrected chi connectivity index (χ2v) is 8.70. The summed E-state index contributed by atoms with van der Waals surface area (Å²) in [5.74, 6) is 1.15. The fourth-order valence-corrected chi connectivity index (χ4v) is 3.87. The number of hydrogen-bond donors (Lipinski definition) is 1. The Hall–Kier alpha value is -0.370. The van der Waals surface area contributed by atoms with Crippen LogP contribution in [0.25, 0.3) is 0 Å². The molecule has 0 amide bonds. The lowest BCUT2D eigenvalue weighted by molar-refractivity contribution is -0.117. The van der Waals surface area contributed by atoms with E-state index in [9.17, 15) is 4.79 Å². The summed E-state index contributed by atoms with van der Waals surface area (Å²) < 4.78 is 0. The maximum absolute atomic E-state index is 11.2. The van der Waals surface area contributed by atoms with Gasteiger partial charge in [0.05, 0.1) is 0 Å². The maximum atomic E-state index is 11.2. The highest BCUT2D eigenvalue weighted by Crippen LogP contribution is 2.40. The van der Waals surface area contributed by atoms with Crippen LogP contribution >= 0.6 is 0 Å². The van der Waals surface area contributed by atoms with E-state index in [4.69, 9.17) is 0 Å². The molecule has 1 N–H and O–H groups in total. The van der Waals surface area contributed by atoms with Crippen LogP contribution in [0.5, 0.6) is 0 Å². The molecule has 1 saturated heterocycles. The van der Waals surface area contributed by atoms with Crippen molar-refractivity contribution in [2.45, 2.75) is 86.1 Å². The molecule has 0 aliphatic carbocycles. The first-order valence-corrected chi connectivity index (χ1v) is 8.32. The summed E-state index contributed by atoms with van der Waals surface area (Å²) in [6, 6.07) is 0.685. The number of rotatable bonds is 7. The molecule has 0 radical (unpaired) electrons. The van der Waals surface area contributed by atoms with Gasteiger partial charge in [-0.05, 0) is 62.3 Å². The van der Waals surface area contributed by atoms with Crippen molar-refractivity contribution in [1.29, 1.82) is 0 Å². The van der Waals surface area contributed by atoms with Gasteiger partial charge in [0.15, 0.2) is 0 Å². The lowest BCUT2D eigenvalue weighted by atomic mass is 9.69. The van der Waals surface area contributed by atoms with E-state index in [1.54, 1.807) is 6.92 Å². The molecule has 0 aromatic heterocycles. The van der Waals surface area contributed by atoms with Crippen molar-refractivity contribution in [1.82, 2.24) is 5.32 Å². The monoisotopic (exact) mass is 281 g/mol. The van der Waals surface area contributed by atoms with Gasteiger partial charge in [-0.15, -0.1) is 0 Å². The van der Waals surface area contributed by atoms with Crippen molar-refractivity contribution in [2.75, 3.05) is 6.54 Å². The molecule has 118 valence electrons. The highest BCUT2D eigenvalue weighted by molar-refractivity contribution is 5.75. The quantitative estimate of drug-likeness (QED) is 0.740. The number of piperidine rings is 1. The molecule has 0 unspecified atom stereocenters. The molecule has 2 atom stereocenters. The predicted molar refractivity (Wildman–Crippen MR) is 86.9 cm³/mol. The zero-order valence-corrected chi connectivity index (χ0v) is 14.5. The van der Waals surface area contributed by atoms with E-state index >= 15 is 0 Å². The summed E-state index contributed by atoms with van der Waals surface area (Å²) in [6.07, 6.45) is 6.87. The molecule has 2 heteroatoms. The highest BCUT2D eigenvalue weighted by Gasteiger charge is 2.32. The Kier molecular flexibility index (Phi) is 6.25. The van der Waals surface area contributed by atoms with E-state index in [0.29, 0.717) is 17.2 Å². The molecular weight excluding hydrogens is 246 g/mol. The summed E-state index contributed by atoms with van der Waals surface area (Å²) in [5, 5.41) is 3.71. The van der Waals surface area contributed by atoms with Crippen molar-refractivity contribution >= 4 is 5.78 Å². The van der Waals surface area contributed by atoms with Gasteiger partial charge in [-0.1, -0.05) is 34.6 Å². The van der Waals surface area contributed by atoms with E-state index < -0.39 is 0 Å². The van der Waals surface area contributed by atoms with E-state index in [-0.39, 0.29) is 5.41 Å². The average Bonchev–Trinajstić information content (AvgIpc) is 2.28. The van der Waals surface area contributed by atoms with E-state index in [1.807, 2.05) is 0 Å². The van der Waals surface area contributed by atoms with Crippen LogP contribution in [0.1, 0.15) is 80.1 Å². The fraction of sp³-hybridized carbons (Fsp3) is 0.944. The van der Waals surface area contributed by atoms with Gasteiger partial charge in [-0.25, -0.2) is 0 Å². The number of nitrogens with one attached hydrogen (secondary N) is 1. The molecule has 1 heterocycles. The second-order valence-electron chi connectivity index (χ2n) is 8.70. The van der Waals surface area contributed by atoms with Crippen molar-refractivity contribution < 1.29 is 4.79 Å². The van der Waals surface area contributed by atoms with Gasteiger partial charge in [0.25, 0.3) is 0 Å². The third-order valence-corrected chi connectivity index (χ3v) is 4.67. The zero-order chi connectivity index (χ0) is 15.4. The Morgan fingerprint density at radius 1 is 1.15 bits per heavy atom. The van der Waals surface area contributed by atoms with E-state index in [2.05, 4.69) is 39.9 Å². The topological polar surface area (TPSA) is 29.1 Å². The minimum Gasteiger partial charge on any atom is -0.314 e. The molecule has 1 aliphatic heterocycles. The molecule has 1 rings (SSSR count). The van der Waals surface area contributed by atoms with Gasteiger partial charge in [-0.2, -0.15) is 0 Å². The first kappa shape index (κ1) is 17.7. The number of carbonyl (C=O) groups excluding carboxylic acids is 1. The summed E-state index contributed by atoms with van der Waals surface area (Å²) in [5.41, 5.74) is 0.607. The number of Topliss-reactive ketones (excluding diaryl/α,β-unsaturated/α-hetero) is 1. The lowest BCUT2D eigenvalue weighted by Gasteiger charge is -2.39. The van der Waals surface area contributed by atoms with E-state index in [0.717, 1.165) is 18.8 Å². The van der Waals surface area contributed by atoms with Crippen LogP contribution in [0.2, 0.25) is 0 Å². The largest absolute Gasteiger partial charge is 0.314 e. The summed E-state index contributed by atoms with van der Waals surface area (Å²) >= 11 is 0. The lowest BCUT2D eigenvalue weighted by Crippen LogP contribution is -2.41. The van der Waals surface area contributed by atoms with Gasteiger partial charge in [0.1, 0.15) is 5.78 Å². The number of ketones is 1. The van der Waals surface area contributed by atoms with Crippen LogP contribution in [0.3, 0.4) is 0 Å². The number of hydrogen-bond acceptors (Lipinski definition) is 2. The van der Waals surface area contributed by atoms with Gasteiger partial charge < -0.3 is 10.1 Å². The molecule has 0 aromatic rings. The van der Waals surface area contributed by atoms with Crippen molar-refractivity contribution in [3.8, 4) is 0 Å². The van der Waals surface area contributed by atoms with Crippen molar-refractivity contribution in [2.24, 2.45) is 16.7 Å². The van der Waals surface area contributed by atoms with E-state index in [1.165, 1.54) is 32.2 Å². The van der Waals surface area contributed by atoms with Crippen LogP contribution in [0.4, 0.5) is 0 Å².